The Kier molecular flexibility index (Phi) is 3.62. The van der Waals surface area contributed by atoms with Crippen molar-refractivity contribution in [1.82, 2.24) is 0 Å². The van der Waals surface area contributed by atoms with Crippen molar-refractivity contribution in [3.8, 4) is 6.07 Å². The van der Waals surface area contributed by atoms with Crippen LogP contribution in [0.15, 0.2) is 42.5 Å². The molecule has 0 amide bonds. The molecule has 0 radical (unpaired) electrons. The van der Waals surface area contributed by atoms with Crippen molar-refractivity contribution in [2.75, 3.05) is 5.32 Å². The molecule has 0 spiro atoms. The molecule has 1 N–H and O–H groups in total. The molecule has 0 heterocycles. The Balaban J connectivity index is 1.91. The van der Waals surface area contributed by atoms with Crippen LogP contribution in [-0.2, 0) is 6.42 Å². The van der Waals surface area contributed by atoms with Gasteiger partial charge in [0.05, 0.1) is 28.4 Å². The zero-order valence-corrected chi connectivity index (χ0v) is 11.8. The summed E-state index contributed by atoms with van der Waals surface area (Å²) in [5.41, 5.74) is 4.22. The normalized spacial score (nSPS) is 17.1. The molecule has 0 aromatic heterocycles. The number of hydrogen-bond donors (Lipinski definition) is 1. The molecule has 1 aliphatic rings. The van der Waals surface area contributed by atoms with Crippen molar-refractivity contribution >= 4 is 17.3 Å². The number of aryl methyl sites for hydroxylation is 1. The molecular formula is C17H15ClN2. The molecule has 0 saturated heterocycles. The van der Waals surface area contributed by atoms with E-state index in [0.717, 1.165) is 18.5 Å². The lowest BCUT2D eigenvalue weighted by molar-refractivity contribution is 0.600. The molecule has 1 atom stereocenters. The first-order valence-corrected chi connectivity index (χ1v) is 7.20. The lowest BCUT2D eigenvalue weighted by atomic mass is 9.87. The molecule has 3 heteroatoms. The van der Waals surface area contributed by atoms with Gasteiger partial charge in [0.2, 0.25) is 0 Å². The quantitative estimate of drug-likeness (QED) is 0.866. The molecule has 2 nitrogen and oxygen atoms in total. The highest BCUT2D eigenvalue weighted by Gasteiger charge is 2.20. The Hall–Kier alpha value is -1.98. The van der Waals surface area contributed by atoms with E-state index in [1.165, 1.54) is 17.5 Å². The van der Waals surface area contributed by atoms with Crippen LogP contribution >= 0.6 is 11.6 Å². The van der Waals surface area contributed by atoms with Crippen LogP contribution in [0.25, 0.3) is 0 Å². The Bertz CT molecular complexity index is 673. The Morgan fingerprint density at radius 2 is 2.05 bits per heavy atom. The summed E-state index contributed by atoms with van der Waals surface area (Å²) in [5, 5.41) is 13.2. The predicted molar refractivity (Wildman–Crippen MR) is 81.9 cm³/mol. The van der Waals surface area contributed by atoms with Crippen LogP contribution < -0.4 is 5.32 Å². The first-order valence-electron chi connectivity index (χ1n) is 6.82. The average Bonchev–Trinajstić information content (AvgIpc) is 2.50. The van der Waals surface area contributed by atoms with Gasteiger partial charge >= 0.3 is 0 Å². The van der Waals surface area contributed by atoms with Crippen molar-refractivity contribution in [1.29, 1.82) is 5.26 Å². The number of benzene rings is 2. The summed E-state index contributed by atoms with van der Waals surface area (Å²) in [4.78, 5) is 0. The molecule has 0 aliphatic heterocycles. The summed E-state index contributed by atoms with van der Waals surface area (Å²) in [6.45, 7) is 0. The first kappa shape index (κ1) is 13.0. The van der Waals surface area contributed by atoms with Crippen LogP contribution in [0.1, 0.15) is 35.6 Å². The monoisotopic (exact) mass is 282 g/mol. The molecule has 20 heavy (non-hydrogen) atoms. The van der Waals surface area contributed by atoms with E-state index in [1.807, 2.05) is 6.07 Å². The van der Waals surface area contributed by atoms with Gasteiger partial charge in [-0.15, -0.1) is 0 Å². The summed E-state index contributed by atoms with van der Waals surface area (Å²) in [5.74, 6) is 0. The number of halogens is 1. The van der Waals surface area contributed by atoms with Gasteiger partial charge < -0.3 is 5.32 Å². The maximum Gasteiger partial charge on any atom is 0.0992 e. The molecule has 1 aliphatic carbocycles. The largest absolute Gasteiger partial charge is 0.377 e. The van der Waals surface area contributed by atoms with Crippen LogP contribution in [0.5, 0.6) is 0 Å². The van der Waals surface area contributed by atoms with E-state index in [2.05, 4.69) is 35.7 Å². The summed E-state index contributed by atoms with van der Waals surface area (Å²) in [6.07, 6.45) is 3.40. The minimum atomic E-state index is 0.270. The van der Waals surface area contributed by atoms with E-state index in [1.54, 1.807) is 12.1 Å². The third kappa shape index (κ3) is 2.50. The molecular weight excluding hydrogens is 268 g/mol. The van der Waals surface area contributed by atoms with E-state index >= 15 is 0 Å². The zero-order valence-electron chi connectivity index (χ0n) is 11.1. The minimum Gasteiger partial charge on any atom is -0.377 e. The second-order valence-corrected chi connectivity index (χ2v) is 5.50. The smallest absolute Gasteiger partial charge is 0.0992 e. The summed E-state index contributed by atoms with van der Waals surface area (Å²) >= 11 is 6.23. The lowest BCUT2D eigenvalue weighted by Crippen LogP contribution is -2.17. The predicted octanol–water partition coefficient (Wildman–Crippen LogP) is 4.70. The maximum atomic E-state index is 9.00. The molecule has 0 fully saturated rings. The standard InChI is InChI=1S/C17H15ClN2/c18-15-9-8-12(11-19)10-17(15)20-16-7-3-5-13-4-1-2-6-14(13)16/h1-2,4,6,8-10,16,20H,3,5,7H2. The third-order valence-electron chi connectivity index (χ3n) is 3.79. The number of nitrogens with zero attached hydrogens (tertiary/aromatic N) is 1. The van der Waals surface area contributed by atoms with Gasteiger partial charge in [-0.1, -0.05) is 35.9 Å². The zero-order chi connectivity index (χ0) is 13.9. The van der Waals surface area contributed by atoms with Gasteiger partial charge in [-0.05, 0) is 48.6 Å². The molecule has 0 bridgehead atoms. The van der Waals surface area contributed by atoms with Crippen LogP contribution in [0, 0.1) is 11.3 Å². The summed E-state index contributed by atoms with van der Waals surface area (Å²) in [7, 11) is 0. The van der Waals surface area contributed by atoms with Gasteiger partial charge in [0.15, 0.2) is 0 Å². The van der Waals surface area contributed by atoms with E-state index in [-0.39, 0.29) is 6.04 Å². The fraction of sp³-hybridized carbons (Fsp3) is 0.235. The van der Waals surface area contributed by atoms with Crippen LogP contribution in [-0.4, -0.2) is 0 Å². The van der Waals surface area contributed by atoms with Gasteiger partial charge in [0, 0.05) is 0 Å². The Labute approximate surface area is 124 Å². The number of nitriles is 1. The highest BCUT2D eigenvalue weighted by molar-refractivity contribution is 6.33. The minimum absolute atomic E-state index is 0.270. The molecule has 2 aromatic carbocycles. The molecule has 100 valence electrons. The number of anilines is 1. The number of nitrogens with one attached hydrogen (secondary N) is 1. The van der Waals surface area contributed by atoms with E-state index < -0.39 is 0 Å². The average molecular weight is 283 g/mol. The Morgan fingerprint density at radius 1 is 1.20 bits per heavy atom. The van der Waals surface area contributed by atoms with Crippen LogP contribution in [0.2, 0.25) is 5.02 Å². The van der Waals surface area contributed by atoms with Gasteiger partial charge in [-0.25, -0.2) is 0 Å². The van der Waals surface area contributed by atoms with E-state index in [4.69, 9.17) is 16.9 Å². The van der Waals surface area contributed by atoms with Crippen LogP contribution in [0.4, 0.5) is 5.69 Å². The fourth-order valence-corrected chi connectivity index (χ4v) is 2.97. The van der Waals surface area contributed by atoms with Crippen molar-refractivity contribution in [3.05, 3.63) is 64.2 Å². The Morgan fingerprint density at radius 3 is 2.90 bits per heavy atom. The number of hydrogen-bond acceptors (Lipinski definition) is 2. The molecule has 2 aromatic rings. The van der Waals surface area contributed by atoms with E-state index in [0.29, 0.717) is 10.6 Å². The van der Waals surface area contributed by atoms with Gasteiger partial charge in [0.25, 0.3) is 0 Å². The lowest BCUT2D eigenvalue weighted by Gasteiger charge is -2.27. The molecule has 3 rings (SSSR count). The van der Waals surface area contributed by atoms with Crippen molar-refractivity contribution < 1.29 is 0 Å². The van der Waals surface area contributed by atoms with Crippen molar-refractivity contribution in [3.63, 3.8) is 0 Å². The van der Waals surface area contributed by atoms with Crippen molar-refractivity contribution in [2.24, 2.45) is 0 Å². The fourth-order valence-electron chi connectivity index (χ4n) is 2.80. The van der Waals surface area contributed by atoms with E-state index in [9.17, 15) is 0 Å². The summed E-state index contributed by atoms with van der Waals surface area (Å²) < 4.78 is 0. The highest BCUT2D eigenvalue weighted by atomic mass is 35.5. The highest BCUT2D eigenvalue weighted by Crippen LogP contribution is 2.34. The van der Waals surface area contributed by atoms with Gasteiger partial charge in [-0.3, -0.25) is 0 Å². The number of fused-ring (bicyclic) bond motifs is 1. The third-order valence-corrected chi connectivity index (χ3v) is 4.12. The second-order valence-electron chi connectivity index (χ2n) is 5.09. The van der Waals surface area contributed by atoms with Crippen LogP contribution in [0.3, 0.4) is 0 Å². The SMILES string of the molecule is N#Cc1ccc(Cl)c(NC2CCCc3ccccc32)c1. The van der Waals surface area contributed by atoms with Crippen molar-refractivity contribution in [2.45, 2.75) is 25.3 Å². The topological polar surface area (TPSA) is 35.8 Å². The first-order chi connectivity index (χ1) is 9.78. The maximum absolute atomic E-state index is 9.00. The second kappa shape index (κ2) is 5.56. The molecule has 1 unspecified atom stereocenters. The number of rotatable bonds is 2. The van der Waals surface area contributed by atoms with Gasteiger partial charge in [-0.2, -0.15) is 5.26 Å². The summed E-state index contributed by atoms with van der Waals surface area (Å²) in [6, 6.07) is 16.3. The molecule has 0 saturated carbocycles. The van der Waals surface area contributed by atoms with Gasteiger partial charge in [0.1, 0.15) is 0 Å².